The summed E-state index contributed by atoms with van der Waals surface area (Å²) in [6, 6.07) is 1.88. The van der Waals surface area contributed by atoms with E-state index in [4.69, 9.17) is 18.0 Å². The second-order valence-electron chi connectivity index (χ2n) is 4.31. The van der Waals surface area contributed by atoms with Gasteiger partial charge in [0.25, 0.3) is 0 Å². The molecule has 1 aliphatic rings. The van der Waals surface area contributed by atoms with Crippen LogP contribution in [0.1, 0.15) is 18.4 Å². The van der Waals surface area contributed by atoms with E-state index in [9.17, 15) is 4.79 Å². The number of anilines is 1. The van der Waals surface area contributed by atoms with Crippen LogP contribution in [0.5, 0.6) is 0 Å². The van der Waals surface area contributed by atoms with E-state index in [-0.39, 0.29) is 16.9 Å². The third-order valence-electron chi connectivity index (χ3n) is 2.95. The van der Waals surface area contributed by atoms with Gasteiger partial charge in [-0.2, -0.15) is 5.10 Å². The number of carbonyl (C=O) groups is 1. The number of nitrogens with zero attached hydrogens (tertiary/aromatic N) is 3. The number of amides is 1. The molecule has 0 bridgehead atoms. The molecule has 0 aromatic carbocycles. The van der Waals surface area contributed by atoms with Crippen LogP contribution in [0.2, 0.25) is 0 Å². The molecule has 1 saturated heterocycles. The molecular formula is C11H15N5OS. The number of aromatic nitrogens is 2. The largest absolute Gasteiger partial charge is 0.389 e. The van der Waals surface area contributed by atoms with Gasteiger partial charge in [0.1, 0.15) is 4.99 Å². The van der Waals surface area contributed by atoms with Gasteiger partial charge in [0.05, 0.1) is 11.8 Å². The maximum absolute atomic E-state index is 11.4. The second kappa shape index (κ2) is 5.26. The summed E-state index contributed by atoms with van der Waals surface area (Å²) in [5.41, 5.74) is 6.31. The van der Waals surface area contributed by atoms with Crippen LogP contribution in [0.4, 0.5) is 5.82 Å². The SMILES string of the molecule is CN1CC(Nc2nnccc2C(N)=S)CCC1=O. The highest BCUT2D eigenvalue weighted by Gasteiger charge is 2.23. The van der Waals surface area contributed by atoms with E-state index >= 15 is 0 Å². The minimum atomic E-state index is 0.150. The van der Waals surface area contributed by atoms with Crippen molar-refractivity contribution in [2.75, 3.05) is 18.9 Å². The lowest BCUT2D eigenvalue weighted by Crippen LogP contribution is -2.43. The lowest BCUT2D eigenvalue weighted by Gasteiger charge is -2.30. The van der Waals surface area contributed by atoms with E-state index < -0.39 is 0 Å². The van der Waals surface area contributed by atoms with Crippen LogP contribution < -0.4 is 11.1 Å². The first-order valence-corrected chi connectivity index (χ1v) is 6.10. The zero-order valence-electron chi connectivity index (χ0n) is 10.1. The summed E-state index contributed by atoms with van der Waals surface area (Å²) in [7, 11) is 1.79. The topological polar surface area (TPSA) is 84.1 Å². The van der Waals surface area contributed by atoms with Gasteiger partial charge in [-0.3, -0.25) is 4.79 Å². The first-order valence-electron chi connectivity index (χ1n) is 5.70. The molecule has 3 N–H and O–H groups in total. The minimum Gasteiger partial charge on any atom is -0.389 e. The van der Waals surface area contributed by atoms with E-state index in [2.05, 4.69) is 15.5 Å². The normalized spacial score (nSPS) is 19.7. The zero-order chi connectivity index (χ0) is 13.1. The predicted molar refractivity (Wildman–Crippen MR) is 72.2 cm³/mol. The summed E-state index contributed by atoms with van der Waals surface area (Å²) < 4.78 is 0. The van der Waals surface area contributed by atoms with Crippen molar-refractivity contribution in [3.05, 3.63) is 17.8 Å². The molecule has 1 aromatic rings. The molecular weight excluding hydrogens is 250 g/mol. The van der Waals surface area contributed by atoms with Gasteiger partial charge in [0.15, 0.2) is 5.82 Å². The summed E-state index contributed by atoms with van der Waals surface area (Å²) in [5, 5.41) is 11.1. The number of piperidine rings is 1. The molecule has 0 saturated carbocycles. The van der Waals surface area contributed by atoms with Crippen LogP contribution in [-0.4, -0.2) is 45.6 Å². The first-order chi connectivity index (χ1) is 8.58. The number of thiocarbonyl (C=S) groups is 1. The molecule has 1 atom stereocenters. The number of hydrogen-bond acceptors (Lipinski definition) is 5. The zero-order valence-corrected chi connectivity index (χ0v) is 10.9. The Labute approximate surface area is 111 Å². The molecule has 0 radical (unpaired) electrons. The summed E-state index contributed by atoms with van der Waals surface area (Å²) in [4.78, 5) is 13.4. The maximum atomic E-state index is 11.4. The number of likely N-dealkylation sites (N-methyl/N-ethyl adjacent to an activating group) is 1. The van der Waals surface area contributed by atoms with Crippen LogP contribution in [0, 0.1) is 0 Å². The van der Waals surface area contributed by atoms with E-state index in [0.717, 1.165) is 6.42 Å². The number of nitrogens with one attached hydrogen (secondary N) is 1. The van der Waals surface area contributed by atoms with Crippen LogP contribution in [0.15, 0.2) is 12.3 Å². The highest BCUT2D eigenvalue weighted by atomic mass is 32.1. The van der Waals surface area contributed by atoms with Crippen molar-refractivity contribution in [2.24, 2.45) is 5.73 Å². The van der Waals surface area contributed by atoms with Crippen molar-refractivity contribution in [2.45, 2.75) is 18.9 Å². The minimum absolute atomic E-state index is 0.150. The number of hydrogen-bond donors (Lipinski definition) is 2. The Balaban J connectivity index is 2.10. The van der Waals surface area contributed by atoms with Crippen LogP contribution >= 0.6 is 12.2 Å². The summed E-state index contributed by atoms with van der Waals surface area (Å²) in [5.74, 6) is 0.750. The molecule has 0 aliphatic carbocycles. The van der Waals surface area contributed by atoms with E-state index in [1.165, 1.54) is 0 Å². The van der Waals surface area contributed by atoms with Gasteiger partial charge in [0.2, 0.25) is 5.91 Å². The summed E-state index contributed by atoms with van der Waals surface area (Å²) in [6.07, 6.45) is 2.86. The third kappa shape index (κ3) is 2.73. The van der Waals surface area contributed by atoms with Gasteiger partial charge in [-0.05, 0) is 12.5 Å². The average Bonchev–Trinajstić information content (AvgIpc) is 2.34. The van der Waals surface area contributed by atoms with Crippen molar-refractivity contribution in [1.82, 2.24) is 15.1 Å². The van der Waals surface area contributed by atoms with Crippen LogP contribution in [0.3, 0.4) is 0 Å². The highest BCUT2D eigenvalue weighted by Crippen LogP contribution is 2.17. The monoisotopic (exact) mass is 265 g/mol. The Bertz CT molecular complexity index is 478. The number of likely N-dealkylation sites (tertiary alicyclic amines) is 1. The Morgan fingerprint density at radius 2 is 2.44 bits per heavy atom. The Morgan fingerprint density at radius 1 is 1.67 bits per heavy atom. The highest BCUT2D eigenvalue weighted by molar-refractivity contribution is 7.80. The van der Waals surface area contributed by atoms with Crippen molar-refractivity contribution >= 4 is 28.9 Å². The molecule has 1 aromatic heterocycles. The molecule has 6 nitrogen and oxygen atoms in total. The van der Waals surface area contributed by atoms with Gasteiger partial charge in [-0.25, -0.2) is 0 Å². The molecule has 0 spiro atoms. The van der Waals surface area contributed by atoms with Crippen molar-refractivity contribution in [1.29, 1.82) is 0 Å². The van der Waals surface area contributed by atoms with Crippen molar-refractivity contribution in [3.63, 3.8) is 0 Å². The molecule has 1 aliphatic heterocycles. The van der Waals surface area contributed by atoms with Gasteiger partial charge in [-0.1, -0.05) is 12.2 Å². The smallest absolute Gasteiger partial charge is 0.222 e. The van der Waals surface area contributed by atoms with Gasteiger partial charge < -0.3 is 16.0 Å². The van der Waals surface area contributed by atoms with Crippen LogP contribution in [-0.2, 0) is 4.79 Å². The second-order valence-corrected chi connectivity index (χ2v) is 4.75. The third-order valence-corrected chi connectivity index (χ3v) is 3.17. The van der Waals surface area contributed by atoms with E-state index in [0.29, 0.717) is 24.3 Å². The lowest BCUT2D eigenvalue weighted by molar-refractivity contribution is -0.132. The predicted octanol–water partition coefficient (Wildman–Crippen LogP) is 0.143. The molecule has 2 heterocycles. The number of nitrogens with two attached hydrogens (primary N) is 1. The molecule has 1 unspecified atom stereocenters. The Hall–Kier alpha value is -1.76. The quantitative estimate of drug-likeness (QED) is 0.757. The van der Waals surface area contributed by atoms with Crippen LogP contribution in [0.25, 0.3) is 0 Å². The van der Waals surface area contributed by atoms with Gasteiger partial charge >= 0.3 is 0 Å². The number of carbonyl (C=O) groups excluding carboxylic acids is 1. The fourth-order valence-corrected chi connectivity index (χ4v) is 2.13. The Morgan fingerprint density at radius 3 is 3.11 bits per heavy atom. The molecule has 18 heavy (non-hydrogen) atoms. The summed E-state index contributed by atoms with van der Waals surface area (Å²) >= 11 is 4.96. The average molecular weight is 265 g/mol. The van der Waals surface area contributed by atoms with Crippen molar-refractivity contribution in [3.8, 4) is 0 Å². The molecule has 96 valence electrons. The standard InChI is InChI=1S/C11H15N5OS/c1-16-6-7(2-3-9(16)17)14-11-8(10(12)18)4-5-13-15-11/h4-5,7H,2-3,6H2,1H3,(H2,12,18)(H,14,15). The molecule has 2 rings (SSSR count). The lowest BCUT2D eigenvalue weighted by atomic mass is 10.1. The molecule has 1 amide bonds. The first kappa shape index (κ1) is 12.7. The van der Waals surface area contributed by atoms with Crippen molar-refractivity contribution < 1.29 is 4.79 Å². The van der Waals surface area contributed by atoms with Gasteiger partial charge in [0, 0.05) is 26.1 Å². The van der Waals surface area contributed by atoms with Gasteiger partial charge in [-0.15, -0.1) is 5.10 Å². The summed E-state index contributed by atoms with van der Waals surface area (Å²) in [6.45, 7) is 0.645. The maximum Gasteiger partial charge on any atom is 0.222 e. The Kier molecular flexibility index (Phi) is 3.71. The molecule has 7 heteroatoms. The van der Waals surface area contributed by atoms with E-state index in [1.807, 2.05) is 0 Å². The fraction of sp³-hybridized carbons (Fsp3) is 0.455. The fourth-order valence-electron chi connectivity index (χ4n) is 1.96. The molecule has 1 fully saturated rings. The van der Waals surface area contributed by atoms with E-state index in [1.54, 1.807) is 24.2 Å². The number of rotatable bonds is 3.